The summed E-state index contributed by atoms with van der Waals surface area (Å²) < 4.78 is 37.5. The van der Waals surface area contributed by atoms with Crippen molar-refractivity contribution in [3.63, 3.8) is 0 Å². The van der Waals surface area contributed by atoms with E-state index in [0.717, 1.165) is 30.3 Å². The summed E-state index contributed by atoms with van der Waals surface area (Å²) in [6.07, 6.45) is -3.63. The van der Waals surface area contributed by atoms with Crippen molar-refractivity contribution in [3.8, 4) is 0 Å². The molecule has 0 radical (unpaired) electrons. The second-order valence-corrected chi connectivity index (χ2v) is 6.34. The van der Waals surface area contributed by atoms with Crippen LogP contribution in [0.25, 0.3) is 0 Å². The third-order valence-corrected chi connectivity index (χ3v) is 4.15. The number of nitrogens with two attached hydrogens (primary N) is 1. The number of hydrogen-bond acceptors (Lipinski definition) is 3. The molecular weight excluding hydrogens is 301 g/mol. The van der Waals surface area contributed by atoms with Gasteiger partial charge in [-0.15, -0.1) is 11.8 Å². The van der Waals surface area contributed by atoms with Crippen LogP contribution in [0.2, 0.25) is 0 Å². The molecule has 0 fully saturated rings. The lowest BCUT2D eigenvalue weighted by Crippen LogP contribution is -2.43. The van der Waals surface area contributed by atoms with E-state index in [1.807, 2.05) is 20.8 Å². The Morgan fingerprint density at radius 2 is 1.95 bits per heavy atom. The lowest BCUT2D eigenvalue weighted by atomic mass is 10.0. The van der Waals surface area contributed by atoms with Crippen LogP contribution in [0.15, 0.2) is 23.1 Å². The Morgan fingerprint density at radius 3 is 2.43 bits per heavy atom. The zero-order valence-corrected chi connectivity index (χ0v) is 13.0. The van der Waals surface area contributed by atoms with Gasteiger partial charge in [-0.05, 0) is 38.5 Å². The average Bonchev–Trinajstić information content (AvgIpc) is 2.35. The van der Waals surface area contributed by atoms with Crippen LogP contribution in [0.5, 0.6) is 0 Å². The van der Waals surface area contributed by atoms with Gasteiger partial charge in [0.1, 0.15) is 0 Å². The molecule has 1 rings (SSSR count). The highest BCUT2D eigenvalue weighted by molar-refractivity contribution is 8.00. The van der Waals surface area contributed by atoms with Gasteiger partial charge in [0.2, 0.25) is 5.91 Å². The molecule has 1 aromatic rings. The van der Waals surface area contributed by atoms with E-state index in [-0.39, 0.29) is 22.9 Å². The molecule has 0 aliphatic carbocycles. The van der Waals surface area contributed by atoms with Gasteiger partial charge >= 0.3 is 6.18 Å². The third-order valence-electron chi connectivity index (χ3n) is 3.06. The number of carbonyl (C=O) groups excluding carboxylic acids is 1. The van der Waals surface area contributed by atoms with Crippen LogP contribution in [-0.4, -0.2) is 17.2 Å². The van der Waals surface area contributed by atoms with Gasteiger partial charge in [0.05, 0.1) is 11.3 Å². The number of carbonyl (C=O) groups is 1. The van der Waals surface area contributed by atoms with Crippen LogP contribution < -0.4 is 11.1 Å². The number of nitrogen functional groups attached to an aromatic ring is 1. The molecule has 0 spiro atoms. The van der Waals surface area contributed by atoms with Crippen molar-refractivity contribution in [1.82, 2.24) is 5.32 Å². The number of nitrogens with one attached hydrogen (secondary N) is 1. The van der Waals surface area contributed by atoms with E-state index < -0.39 is 11.7 Å². The van der Waals surface area contributed by atoms with E-state index in [9.17, 15) is 18.0 Å². The second-order valence-electron chi connectivity index (χ2n) is 5.32. The maximum Gasteiger partial charge on any atom is 0.416 e. The zero-order valence-electron chi connectivity index (χ0n) is 12.2. The highest BCUT2D eigenvalue weighted by atomic mass is 32.2. The largest absolute Gasteiger partial charge is 0.416 e. The van der Waals surface area contributed by atoms with E-state index in [2.05, 4.69) is 5.32 Å². The molecule has 3 N–H and O–H groups in total. The first kappa shape index (κ1) is 17.7. The molecule has 0 bridgehead atoms. The maximum absolute atomic E-state index is 12.5. The van der Waals surface area contributed by atoms with Crippen molar-refractivity contribution in [2.45, 2.75) is 43.8 Å². The van der Waals surface area contributed by atoms with Crippen molar-refractivity contribution in [2.24, 2.45) is 0 Å². The molecule has 0 unspecified atom stereocenters. The molecule has 0 aromatic heterocycles. The molecule has 3 nitrogen and oxygen atoms in total. The summed E-state index contributed by atoms with van der Waals surface area (Å²) in [5, 5.41) is 2.85. The van der Waals surface area contributed by atoms with E-state index in [1.54, 1.807) is 0 Å². The summed E-state index contributed by atoms with van der Waals surface area (Å²) >= 11 is 1.12. The molecule has 0 saturated carbocycles. The van der Waals surface area contributed by atoms with Crippen molar-refractivity contribution >= 4 is 23.4 Å². The molecule has 7 heteroatoms. The number of amides is 1. The van der Waals surface area contributed by atoms with Gasteiger partial charge in [-0.25, -0.2) is 0 Å². The molecule has 1 amide bonds. The Morgan fingerprint density at radius 1 is 1.33 bits per heavy atom. The van der Waals surface area contributed by atoms with Crippen molar-refractivity contribution in [1.29, 1.82) is 0 Å². The fourth-order valence-electron chi connectivity index (χ4n) is 1.50. The van der Waals surface area contributed by atoms with E-state index in [1.165, 1.54) is 6.07 Å². The summed E-state index contributed by atoms with van der Waals surface area (Å²) in [6, 6.07) is 3.14. The zero-order chi connectivity index (χ0) is 16.3. The topological polar surface area (TPSA) is 55.1 Å². The molecule has 0 aliphatic heterocycles. The normalized spacial score (nSPS) is 12.3. The molecular formula is C14H19F3N2OS. The number of hydrogen-bond donors (Lipinski definition) is 2. The van der Waals surface area contributed by atoms with Crippen LogP contribution in [0.4, 0.5) is 18.9 Å². The lowest BCUT2D eigenvalue weighted by molar-refractivity contribution is -0.137. The third kappa shape index (κ3) is 5.49. The Hall–Kier alpha value is -1.37. The van der Waals surface area contributed by atoms with E-state index >= 15 is 0 Å². The van der Waals surface area contributed by atoms with Crippen LogP contribution in [0.3, 0.4) is 0 Å². The quantitative estimate of drug-likeness (QED) is 0.643. The molecule has 1 aromatic carbocycles. The Kier molecular flexibility index (Phi) is 5.55. The number of anilines is 1. The summed E-state index contributed by atoms with van der Waals surface area (Å²) in [5.74, 6) is -0.0647. The Labute approximate surface area is 126 Å². The number of alkyl halides is 3. The number of rotatable bonds is 5. The fourth-order valence-corrected chi connectivity index (χ4v) is 2.25. The van der Waals surface area contributed by atoms with Crippen molar-refractivity contribution in [2.75, 3.05) is 11.5 Å². The molecule has 0 heterocycles. The summed E-state index contributed by atoms with van der Waals surface area (Å²) in [4.78, 5) is 12.2. The van der Waals surface area contributed by atoms with Crippen LogP contribution >= 0.6 is 11.8 Å². The first-order valence-electron chi connectivity index (χ1n) is 6.45. The average molecular weight is 320 g/mol. The number of benzene rings is 1. The van der Waals surface area contributed by atoms with Gasteiger partial charge in [0, 0.05) is 16.1 Å². The van der Waals surface area contributed by atoms with Gasteiger partial charge in [-0.2, -0.15) is 13.2 Å². The minimum Gasteiger partial charge on any atom is -0.398 e. The Balaban J connectivity index is 2.67. The number of halogens is 3. The predicted octanol–water partition coefficient (Wildman–Crippen LogP) is 3.68. The summed E-state index contributed by atoms with van der Waals surface area (Å²) in [6.45, 7) is 5.77. The standard InChI is InChI=1S/C14H19F3N2OS/c1-4-13(2,3)19-12(20)8-21-11-6-5-9(7-10(11)18)14(15,16)17/h5-7H,4,8,18H2,1-3H3,(H,19,20). The van der Waals surface area contributed by atoms with Crippen LogP contribution in [-0.2, 0) is 11.0 Å². The first-order chi connectivity index (χ1) is 9.55. The van der Waals surface area contributed by atoms with Gasteiger partial charge in [0.25, 0.3) is 0 Å². The highest BCUT2D eigenvalue weighted by Crippen LogP contribution is 2.34. The van der Waals surface area contributed by atoms with Gasteiger partial charge in [-0.3, -0.25) is 4.79 Å². The second kappa shape index (κ2) is 6.60. The maximum atomic E-state index is 12.5. The van der Waals surface area contributed by atoms with Crippen LogP contribution in [0, 0.1) is 0 Å². The number of thioether (sulfide) groups is 1. The summed E-state index contributed by atoms with van der Waals surface area (Å²) in [7, 11) is 0. The van der Waals surface area contributed by atoms with Gasteiger partial charge in [-0.1, -0.05) is 6.92 Å². The van der Waals surface area contributed by atoms with Gasteiger partial charge < -0.3 is 11.1 Å². The minimum atomic E-state index is -4.42. The molecule has 0 saturated heterocycles. The molecule has 0 atom stereocenters. The smallest absolute Gasteiger partial charge is 0.398 e. The van der Waals surface area contributed by atoms with Crippen LogP contribution in [0.1, 0.15) is 32.8 Å². The van der Waals surface area contributed by atoms with Gasteiger partial charge in [0.15, 0.2) is 0 Å². The van der Waals surface area contributed by atoms with Crippen molar-refractivity contribution in [3.05, 3.63) is 23.8 Å². The minimum absolute atomic E-state index is 0.0253. The molecule has 21 heavy (non-hydrogen) atoms. The lowest BCUT2D eigenvalue weighted by Gasteiger charge is -2.24. The Bertz CT molecular complexity index is 515. The predicted molar refractivity (Wildman–Crippen MR) is 79.1 cm³/mol. The molecule has 0 aliphatic rings. The first-order valence-corrected chi connectivity index (χ1v) is 7.44. The molecule has 118 valence electrons. The SMILES string of the molecule is CCC(C)(C)NC(=O)CSc1ccc(C(F)(F)F)cc1N. The van der Waals surface area contributed by atoms with Crippen molar-refractivity contribution < 1.29 is 18.0 Å². The highest BCUT2D eigenvalue weighted by Gasteiger charge is 2.30. The fraction of sp³-hybridized carbons (Fsp3) is 0.500. The summed E-state index contributed by atoms with van der Waals surface area (Å²) in [5.41, 5.74) is 4.54. The van der Waals surface area contributed by atoms with E-state index in [0.29, 0.717) is 4.90 Å². The monoisotopic (exact) mass is 320 g/mol. The van der Waals surface area contributed by atoms with E-state index in [4.69, 9.17) is 5.73 Å².